The number of nitrogens with zero attached hydrogens (tertiary/aromatic N) is 5. The Morgan fingerprint density at radius 1 is 0.483 bits per heavy atom. The fourth-order valence-corrected chi connectivity index (χ4v) is 10.7. The molecule has 3 saturated heterocycles. The van der Waals surface area contributed by atoms with Crippen molar-refractivity contribution in [3.05, 3.63) is 224 Å². The normalized spacial score (nSPS) is 14.3. The van der Waals surface area contributed by atoms with Gasteiger partial charge < -0.3 is 58.6 Å². The zero-order valence-electron chi connectivity index (χ0n) is 46.3. The van der Waals surface area contributed by atoms with Gasteiger partial charge in [0.25, 0.3) is 5.91 Å². The first-order chi connectivity index (χ1) is 41.9. The van der Waals surface area contributed by atoms with Crippen molar-refractivity contribution in [2.45, 2.75) is 19.6 Å². The fraction of sp³-hybridized carbons (Fsp3) is 0.238. The summed E-state index contributed by atoms with van der Waals surface area (Å²) in [5.41, 5.74) is 2.41. The van der Waals surface area contributed by atoms with Crippen molar-refractivity contribution < 1.29 is 52.0 Å². The summed E-state index contributed by atoms with van der Waals surface area (Å²) in [5.74, 6) is -4.84. The lowest BCUT2D eigenvalue weighted by atomic mass is 10.1. The number of ether oxygens (including phenoxy) is 3. The third-order valence-electron chi connectivity index (χ3n) is 14.9. The van der Waals surface area contributed by atoms with Gasteiger partial charge in [0, 0.05) is 109 Å². The molecule has 0 bridgehead atoms. The molecule has 9 aromatic rings. The second-order valence-electron chi connectivity index (χ2n) is 20.5. The summed E-state index contributed by atoms with van der Waals surface area (Å²) in [6.45, 7) is 7.23. The molecule has 0 unspecified atom stereocenters. The van der Waals surface area contributed by atoms with Crippen molar-refractivity contribution in [1.82, 2.24) is 19.4 Å². The van der Waals surface area contributed by atoms with Crippen LogP contribution in [0.3, 0.4) is 0 Å². The van der Waals surface area contributed by atoms with E-state index in [1.54, 1.807) is 69.8 Å². The molecule has 1 amide bonds. The number of carboxylic acid groups (broad SMARTS) is 2. The van der Waals surface area contributed by atoms with Gasteiger partial charge in [-0.1, -0.05) is 71.2 Å². The number of halogens is 6. The topological polar surface area (TPSA) is 218 Å². The van der Waals surface area contributed by atoms with E-state index in [1.165, 1.54) is 24.5 Å². The number of morpholine rings is 3. The molecule has 4 N–H and O–H groups in total. The van der Waals surface area contributed by atoms with E-state index in [2.05, 4.69) is 10.3 Å². The minimum absolute atomic E-state index is 0.0319. The van der Waals surface area contributed by atoms with Gasteiger partial charge in [0.05, 0.1) is 73.3 Å². The number of rotatable bonds is 12. The molecule has 0 saturated carbocycles. The maximum absolute atomic E-state index is 15.3. The fourth-order valence-electron chi connectivity index (χ4n) is 10.4. The van der Waals surface area contributed by atoms with Crippen LogP contribution in [0.2, 0.25) is 15.1 Å². The Balaban J connectivity index is 0.000000150. The van der Waals surface area contributed by atoms with Crippen LogP contribution in [0.15, 0.2) is 142 Å². The summed E-state index contributed by atoms with van der Waals surface area (Å²) in [7, 11) is 0. The van der Waals surface area contributed by atoms with Gasteiger partial charge in [-0.25, -0.2) is 22.8 Å². The van der Waals surface area contributed by atoms with E-state index >= 15 is 4.39 Å². The van der Waals surface area contributed by atoms with Gasteiger partial charge in [0.1, 0.15) is 34.1 Å². The Morgan fingerprint density at radius 3 is 1.25 bits per heavy atom. The number of carbonyl (C=O) groups excluding carboxylic acids is 1. The molecule has 87 heavy (non-hydrogen) atoms. The molecule has 3 aliphatic heterocycles. The summed E-state index contributed by atoms with van der Waals surface area (Å²) < 4.78 is 63.7. The summed E-state index contributed by atoms with van der Waals surface area (Å²) in [6, 6.07) is 29.7. The number of hydrogen-bond donors (Lipinski definition) is 4. The van der Waals surface area contributed by atoms with E-state index in [4.69, 9.17) is 54.1 Å². The van der Waals surface area contributed by atoms with E-state index in [0.717, 1.165) is 35.0 Å². The smallest absolute Gasteiger partial charge is 0.341 e. The zero-order chi connectivity index (χ0) is 61.5. The van der Waals surface area contributed by atoms with E-state index in [0.29, 0.717) is 141 Å². The highest BCUT2D eigenvalue weighted by atomic mass is 35.5. The number of aromatic nitrogens is 3. The van der Waals surface area contributed by atoms with E-state index in [1.807, 2.05) is 39.0 Å². The number of anilines is 3. The Bertz CT molecular complexity index is 4250. The number of aromatic carboxylic acids is 2. The van der Waals surface area contributed by atoms with Crippen LogP contribution in [-0.4, -0.2) is 121 Å². The van der Waals surface area contributed by atoms with Crippen molar-refractivity contribution >= 4 is 102 Å². The number of benzene rings is 6. The number of aromatic amines is 1. The second kappa shape index (κ2) is 27.3. The maximum Gasteiger partial charge on any atom is 0.341 e. The second-order valence-corrected chi connectivity index (χ2v) is 21.8. The molecule has 6 heterocycles. The number of H-pyrrole nitrogens is 1. The number of carbonyl (C=O) groups is 3. The maximum atomic E-state index is 15.3. The lowest BCUT2D eigenvalue weighted by molar-refractivity contribution is 0.0684. The molecule has 0 radical (unpaired) electrons. The van der Waals surface area contributed by atoms with Crippen molar-refractivity contribution in [2.24, 2.45) is 0 Å². The number of carboxylic acids is 2. The number of fused-ring (bicyclic) bond motifs is 3. The van der Waals surface area contributed by atoms with Gasteiger partial charge in [0.2, 0.25) is 16.3 Å². The van der Waals surface area contributed by atoms with E-state index in [9.17, 15) is 42.7 Å². The van der Waals surface area contributed by atoms with E-state index in [-0.39, 0.29) is 28.3 Å². The molecule has 6 aromatic carbocycles. The van der Waals surface area contributed by atoms with Gasteiger partial charge in [-0.2, -0.15) is 0 Å². The molecule has 3 fully saturated rings. The standard InChI is InChI=1S/C28H24Cl2FN3O3.C21H18ClFN2O4.C14H13FN2O4/c29-20-5-1-18(2-6-20)15-32-28(36)23-17-34(16-19-3-7-21(30)8-4-19)25-14-26(33-9-11-37-12-10-33)24(31)13-22(25)27(23)35;22-14-3-1-13(2-4-14)11-25-12-16(21(27)28)20(26)15-9-17(23)19(10-18(15)25)24-5-7-29-8-6-24;15-10-5-8-11(16-7-9(13(8)18)14(19)20)6-12(10)17-1-3-21-4-2-17/h1-8,13-14,17H,9-12,15-16H2,(H,32,36);1-4,9-10,12H,5-8,11H2,(H,27,28);5-7H,1-4H2,(H,16,18)(H,19,20). The predicted octanol–water partition coefficient (Wildman–Crippen LogP) is 9.84. The first-order valence-electron chi connectivity index (χ1n) is 27.4. The highest BCUT2D eigenvalue weighted by Crippen LogP contribution is 2.30. The highest BCUT2D eigenvalue weighted by Gasteiger charge is 2.24. The van der Waals surface area contributed by atoms with Crippen LogP contribution in [0.1, 0.15) is 47.8 Å². The predicted molar refractivity (Wildman–Crippen MR) is 328 cm³/mol. The van der Waals surface area contributed by atoms with Crippen LogP contribution in [0.5, 0.6) is 0 Å². The van der Waals surface area contributed by atoms with Crippen LogP contribution in [-0.2, 0) is 33.8 Å². The minimum Gasteiger partial charge on any atom is -0.477 e. The van der Waals surface area contributed by atoms with Gasteiger partial charge >= 0.3 is 11.9 Å². The van der Waals surface area contributed by atoms with Crippen molar-refractivity contribution in [3.8, 4) is 0 Å². The Kier molecular flexibility index (Phi) is 19.3. The molecule has 0 aliphatic carbocycles. The first kappa shape index (κ1) is 61.4. The zero-order valence-corrected chi connectivity index (χ0v) is 48.6. The summed E-state index contributed by atoms with van der Waals surface area (Å²) in [5, 5.41) is 23.1. The molecule has 18 nitrogen and oxygen atoms in total. The van der Waals surface area contributed by atoms with Crippen LogP contribution >= 0.6 is 34.8 Å². The summed E-state index contributed by atoms with van der Waals surface area (Å²) >= 11 is 17.9. The average Bonchev–Trinajstić information content (AvgIpc) is 1.35. The molecule has 24 heteroatoms. The van der Waals surface area contributed by atoms with Crippen molar-refractivity contribution in [2.75, 3.05) is 93.6 Å². The largest absolute Gasteiger partial charge is 0.477 e. The van der Waals surface area contributed by atoms with Gasteiger partial charge in [-0.3, -0.25) is 19.2 Å². The van der Waals surface area contributed by atoms with Gasteiger partial charge in [-0.05, 0) is 89.5 Å². The van der Waals surface area contributed by atoms with Crippen LogP contribution < -0.4 is 36.3 Å². The molecular formula is C63H55Cl3F3N7O11. The lowest BCUT2D eigenvalue weighted by Gasteiger charge is -2.29. The molecular weight excluding hydrogens is 1190 g/mol. The molecule has 450 valence electrons. The highest BCUT2D eigenvalue weighted by molar-refractivity contribution is 6.31. The van der Waals surface area contributed by atoms with Crippen molar-refractivity contribution in [1.29, 1.82) is 0 Å². The SMILES string of the molecule is O=C(NCc1ccc(Cl)cc1)c1cn(Cc2ccc(Cl)cc2)c2cc(N3CCOCC3)c(F)cc2c1=O.O=C(O)c1c[nH]c2cc(N3CCOCC3)c(F)cc2c1=O.O=C(O)c1cn(Cc2ccc(Cl)cc2)c2cc(N3CCOCC3)c(F)cc2c1=O. The van der Waals surface area contributed by atoms with E-state index < -0.39 is 62.7 Å². The van der Waals surface area contributed by atoms with Crippen LogP contribution in [0.25, 0.3) is 32.7 Å². The molecule has 12 rings (SSSR count). The van der Waals surface area contributed by atoms with Gasteiger partial charge in [0.15, 0.2) is 0 Å². The minimum atomic E-state index is -1.35. The summed E-state index contributed by atoms with van der Waals surface area (Å²) in [4.78, 5) is 82.0. The molecule has 0 atom stereocenters. The number of hydrogen-bond acceptors (Lipinski definition) is 12. The summed E-state index contributed by atoms with van der Waals surface area (Å²) in [6.07, 6.45) is 3.98. The number of pyridine rings is 3. The third kappa shape index (κ3) is 14.3. The molecule has 3 aromatic heterocycles. The monoisotopic (exact) mass is 1250 g/mol. The Morgan fingerprint density at radius 2 is 0.839 bits per heavy atom. The van der Waals surface area contributed by atoms with Crippen LogP contribution in [0, 0.1) is 17.5 Å². The first-order valence-corrected chi connectivity index (χ1v) is 28.6. The third-order valence-corrected chi connectivity index (χ3v) is 15.7. The van der Waals surface area contributed by atoms with Crippen LogP contribution in [0.4, 0.5) is 30.2 Å². The number of nitrogens with one attached hydrogen (secondary N) is 2. The lowest BCUT2D eigenvalue weighted by Crippen LogP contribution is -2.37. The Labute approximate surface area is 509 Å². The number of amides is 1. The quantitative estimate of drug-likeness (QED) is 0.0896. The van der Waals surface area contributed by atoms with Gasteiger partial charge in [-0.15, -0.1) is 0 Å². The Hall–Kier alpha value is -8.70. The molecule has 0 spiro atoms. The van der Waals surface area contributed by atoms with Crippen molar-refractivity contribution in [3.63, 3.8) is 0 Å². The molecule has 3 aliphatic rings. The average molecular weight is 1250 g/mol.